The van der Waals surface area contributed by atoms with Crippen LogP contribution in [0.5, 0.6) is 0 Å². The predicted molar refractivity (Wildman–Crippen MR) is 85.1 cm³/mol. The molecule has 3 heterocycles. The van der Waals surface area contributed by atoms with Crippen molar-refractivity contribution < 1.29 is 9.53 Å². The first-order valence-corrected chi connectivity index (χ1v) is 7.77. The van der Waals surface area contributed by atoms with Gasteiger partial charge < -0.3 is 20.4 Å². The quantitative estimate of drug-likeness (QED) is 0.637. The molecular formula is C14H21N7O2. The highest BCUT2D eigenvalue weighted by molar-refractivity contribution is 5.82. The molecule has 0 bridgehead atoms. The molecule has 1 fully saturated rings. The van der Waals surface area contributed by atoms with E-state index in [1.54, 1.807) is 6.33 Å². The van der Waals surface area contributed by atoms with E-state index in [4.69, 9.17) is 4.74 Å². The number of hydrogen-bond acceptors (Lipinski definition) is 7. The molecule has 0 aromatic carbocycles. The van der Waals surface area contributed by atoms with Crippen molar-refractivity contribution in [2.24, 2.45) is 0 Å². The smallest absolute Gasteiger partial charge is 0.221 e. The molecule has 0 atom stereocenters. The summed E-state index contributed by atoms with van der Waals surface area (Å²) in [6.07, 6.45) is 3.42. The monoisotopic (exact) mass is 319 g/mol. The number of aromatic amines is 1. The molecule has 0 spiro atoms. The Morgan fingerprint density at radius 1 is 1.26 bits per heavy atom. The molecule has 0 unspecified atom stereocenters. The summed E-state index contributed by atoms with van der Waals surface area (Å²) in [5.41, 5.74) is 1.36. The summed E-state index contributed by atoms with van der Waals surface area (Å²) in [5, 5.41) is 6.07. The van der Waals surface area contributed by atoms with Crippen molar-refractivity contribution in [1.82, 2.24) is 30.2 Å². The van der Waals surface area contributed by atoms with E-state index in [1.807, 2.05) is 0 Å². The fourth-order valence-corrected chi connectivity index (χ4v) is 2.46. The van der Waals surface area contributed by atoms with Crippen LogP contribution < -0.4 is 10.6 Å². The highest BCUT2D eigenvalue weighted by Gasteiger charge is 2.10. The first-order valence-electron chi connectivity index (χ1n) is 7.77. The lowest BCUT2D eigenvalue weighted by molar-refractivity contribution is -0.120. The molecule has 0 radical (unpaired) electrons. The van der Waals surface area contributed by atoms with E-state index < -0.39 is 0 Å². The number of imidazole rings is 1. The first kappa shape index (κ1) is 15.6. The molecule has 1 aliphatic heterocycles. The first-order chi connectivity index (χ1) is 11.3. The Morgan fingerprint density at radius 2 is 2.13 bits per heavy atom. The van der Waals surface area contributed by atoms with Gasteiger partial charge in [0, 0.05) is 39.1 Å². The maximum Gasteiger partial charge on any atom is 0.221 e. The van der Waals surface area contributed by atoms with Gasteiger partial charge in [-0.2, -0.15) is 0 Å². The molecule has 1 amide bonds. The third-order valence-corrected chi connectivity index (χ3v) is 3.72. The second kappa shape index (κ2) is 7.84. The van der Waals surface area contributed by atoms with Crippen molar-refractivity contribution in [2.45, 2.75) is 6.42 Å². The van der Waals surface area contributed by atoms with Crippen LogP contribution in [-0.4, -0.2) is 76.7 Å². The van der Waals surface area contributed by atoms with Crippen molar-refractivity contribution >= 4 is 22.9 Å². The number of nitrogens with one attached hydrogen (secondary N) is 3. The molecule has 124 valence electrons. The van der Waals surface area contributed by atoms with Gasteiger partial charge in [-0.1, -0.05) is 0 Å². The van der Waals surface area contributed by atoms with Crippen molar-refractivity contribution in [3.8, 4) is 0 Å². The molecule has 23 heavy (non-hydrogen) atoms. The number of carbonyl (C=O) groups excluding carboxylic acids is 1. The highest BCUT2D eigenvalue weighted by Crippen LogP contribution is 2.13. The number of carbonyl (C=O) groups is 1. The lowest BCUT2D eigenvalue weighted by atomic mass is 10.3. The van der Waals surface area contributed by atoms with Crippen LogP contribution in [0.15, 0.2) is 12.7 Å². The standard InChI is InChI=1S/C14H21N7O2/c22-11(15-3-4-21-5-7-23-8-6-21)1-2-16-13-12-14(18-9-17-12)20-10-19-13/h9-10H,1-8H2,(H,15,22)(H2,16,17,18,19,20). The normalized spacial score (nSPS) is 15.7. The summed E-state index contributed by atoms with van der Waals surface area (Å²) < 4.78 is 5.29. The average Bonchev–Trinajstić information content (AvgIpc) is 3.05. The Labute approximate surface area is 133 Å². The van der Waals surface area contributed by atoms with Gasteiger partial charge in [-0.3, -0.25) is 9.69 Å². The minimum Gasteiger partial charge on any atom is -0.379 e. The van der Waals surface area contributed by atoms with Crippen LogP contribution in [0.1, 0.15) is 6.42 Å². The number of fused-ring (bicyclic) bond motifs is 1. The SMILES string of the molecule is O=C(CCNc1ncnc2nc[nH]c12)NCCN1CCOCC1. The van der Waals surface area contributed by atoms with Crippen molar-refractivity contribution in [3.05, 3.63) is 12.7 Å². The number of hydrogen-bond donors (Lipinski definition) is 3. The van der Waals surface area contributed by atoms with Crippen LogP contribution in [-0.2, 0) is 9.53 Å². The molecule has 0 aliphatic carbocycles. The number of nitrogens with zero attached hydrogens (tertiary/aromatic N) is 4. The molecule has 1 aliphatic rings. The Kier molecular flexibility index (Phi) is 5.33. The van der Waals surface area contributed by atoms with Gasteiger partial charge in [-0.25, -0.2) is 15.0 Å². The molecule has 1 saturated heterocycles. The topological polar surface area (TPSA) is 108 Å². The lowest BCUT2D eigenvalue weighted by Gasteiger charge is -2.26. The summed E-state index contributed by atoms with van der Waals surface area (Å²) >= 11 is 0. The van der Waals surface area contributed by atoms with E-state index in [0.29, 0.717) is 31.0 Å². The Balaban J connectivity index is 1.35. The van der Waals surface area contributed by atoms with E-state index in [-0.39, 0.29) is 5.91 Å². The van der Waals surface area contributed by atoms with Gasteiger partial charge in [0.2, 0.25) is 5.91 Å². The average molecular weight is 319 g/mol. The van der Waals surface area contributed by atoms with E-state index in [9.17, 15) is 4.79 Å². The molecule has 3 rings (SSSR count). The van der Waals surface area contributed by atoms with Crippen LogP contribution in [0, 0.1) is 0 Å². The summed E-state index contributed by atoms with van der Waals surface area (Å²) in [4.78, 5) is 29.4. The van der Waals surface area contributed by atoms with Gasteiger partial charge in [-0.05, 0) is 0 Å². The van der Waals surface area contributed by atoms with Crippen LogP contribution in [0.2, 0.25) is 0 Å². The minimum absolute atomic E-state index is 0.0284. The number of H-pyrrole nitrogens is 1. The number of morpholine rings is 1. The summed E-state index contributed by atoms with van der Waals surface area (Å²) in [6, 6.07) is 0. The van der Waals surface area contributed by atoms with E-state index in [0.717, 1.165) is 38.4 Å². The molecule has 2 aromatic rings. The Bertz CT molecular complexity index is 639. The second-order valence-corrected chi connectivity index (χ2v) is 5.30. The van der Waals surface area contributed by atoms with Crippen LogP contribution >= 0.6 is 0 Å². The van der Waals surface area contributed by atoms with E-state index in [2.05, 4.69) is 35.5 Å². The maximum atomic E-state index is 11.8. The zero-order valence-electron chi connectivity index (χ0n) is 12.9. The van der Waals surface area contributed by atoms with Crippen molar-refractivity contribution in [1.29, 1.82) is 0 Å². The third-order valence-electron chi connectivity index (χ3n) is 3.72. The lowest BCUT2D eigenvalue weighted by Crippen LogP contribution is -2.41. The largest absolute Gasteiger partial charge is 0.379 e. The summed E-state index contributed by atoms with van der Waals surface area (Å²) in [5.74, 6) is 0.689. The van der Waals surface area contributed by atoms with Crippen LogP contribution in [0.4, 0.5) is 5.82 Å². The highest BCUT2D eigenvalue weighted by atomic mass is 16.5. The fraction of sp³-hybridized carbons (Fsp3) is 0.571. The van der Waals surface area contributed by atoms with Gasteiger partial charge in [0.1, 0.15) is 11.8 Å². The number of ether oxygens (including phenoxy) is 1. The van der Waals surface area contributed by atoms with Gasteiger partial charge in [0.15, 0.2) is 11.5 Å². The zero-order valence-corrected chi connectivity index (χ0v) is 12.9. The van der Waals surface area contributed by atoms with E-state index >= 15 is 0 Å². The number of anilines is 1. The van der Waals surface area contributed by atoms with Crippen molar-refractivity contribution in [3.63, 3.8) is 0 Å². The number of aromatic nitrogens is 4. The second-order valence-electron chi connectivity index (χ2n) is 5.30. The molecule has 9 heteroatoms. The fourth-order valence-electron chi connectivity index (χ4n) is 2.46. The molecular weight excluding hydrogens is 298 g/mol. The van der Waals surface area contributed by atoms with Crippen molar-refractivity contribution in [2.75, 3.05) is 51.3 Å². The minimum atomic E-state index is 0.0284. The predicted octanol–water partition coefficient (Wildman–Crippen LogP) is -0.397. The van der Waals surface area contributed by atoms with E-state index in [1.165, 1.54) is 6.33 Å². The van der Waals surface area contributed by atoms with Crippen LogP contribution in [0.3, 0.4) is 0 Å². The maximum absolute atomic E-state index is 11.8. The molecule has 2 aromatic heterocycles. The summed E-state index contributed by atoms with van der Waals surface area (Å²) in [7, 11) is 0. The molecule has 0 saturated carbocycles. The Morgan fingerprint density at radius 3 is 3.00 bits per heavy atom. The zero-order chi connectivity index (χ0) is 15.9. The summed E-state index contributed by atoms with van der Waals surface area (Å²) in [6.45, 7) is 5.46. The van der Waals surface area contributed by atoms with Gasteiger partial charge in [0.25, 0.3) is 0 Å². The molecule has 9 nitrogen and oxygen atoms in total. The van der Waals surface area contributed by atoms with Gasteiger partial charge in [-0.15, -0.1) is 0 Å². The number of amides is 1. The van der Waals surface area contributed by atoms with Gasteiger partial charge in [0.05, 0.1) is 19.5 Å². The Hall–Kier alpha value is -2.26. The number of rotatable bonds is 7. The van der Waals surface area contributed by atoms with Crippen LogP contribution in [0.25, 0.3) is 11.2 Å². The van der Waals surface area contributed by atoms with Gasteiger partial charge >= 0.3 is 0 Å². The molecule has 3 N–H and O–H groups in total. The third kappa shape index (κ3) is 4.36.